The van der Waals surface area contributed by atoms with Gasteiger partial charge in [-0.2, -0.15) is 0 Å². The van der Waals surface area contributed by atoms with E-state index < -0.39 is 0 Å². The van der Waals surface area contributed by atoms with E-state index in [1.165, 1.54) is 0 Å². The molecule has 0 aliphatic carbocycles. The minimum absolute atomic E-state index is 0.702. The standard InChI is InChI=1S/C4H8Te2/c1-2-4-6-5-3-1/h1-4H2. The molecule has 0 saturated carbocycles. The molecule has 0 N–H and O–H groups in total. The van der Waals surface area contributed by atoms with Crippen molar-refractivity contribution in [1.29, 1.82) is 0 Å². The van der Waals surface area contributed by atoms with Gasteiger partial charge >= 0.3 is 55.9 Å². The van der Waals surface area contributed by atoms with E-state index in [0.29, 0.717) is 34.1 Å². The van der Waals surface area contributed by atoms with Gasteiger partial charge in [0.2, 0.25) is 0 Å². The fraction of sp³-hybridized carbons (Fsp3) is 1.00. The summed E-state index contributed by atoms with van der Waals surface area (Å²) in [6.45, 7) is 0. The van der Waals surface area contributed by atoms with Crippen LogP contribution in [0.1, 0.15) is 12.8 Å². The SMILES string of the molecule is C1CC[Te][Te]C1. The average molecular weight is 311 g/mol. The van der Waals surface area contributed by atoms with Crippen LogP contribution in [0.25, 0.3) is 0 Å². The summed E-state index contributed by atoms with van der Waals surface area (Å²) in [6, 6.07) is 0. The van der Waals surface area contributed by atoms with E-state index >= 15 is 0 Å². The van der Waals surface area contributed by atoms with Crippen LogP contribution < -0.4 is 0 Å². The Bertz CT molecular complexity index is 21.0. The molecule has 2 heteroatoms. The summed E-state index contributed by atoms with van der Waals surface area (Å²) in [5.74, 6) is 0. The van der Waals surface area contributed by atoms with E-state index in [-0.39, 0.29) is 0 Å². The quantitative estimate of drug-likeness (QED) is 0.584. The molecule has 0 unspecified atom stereocenters. The molecule has 0 aromatic rings. The first-order chi connectivity index (χ1) is 3.00. The van der Waals surface area contributed by atoms with Crippen LogP contribution in [0.2, 0.25) is 8.94 Å². The normalized spacial score (nSPS) is 24.0. The number of rotatable bonds is 0. The van der Waals surface area contributed by atoms with Crippen molar-refractivity contribution in [2.75, 3.05) is 0 Å². The average Bonchev–Trinajstić information content (AvgIpc) is 1.72. The second-order valence-electron chi connectivity index (χ2n) is 1.35. The number of hydrogen-bond donors (Lipinski definition) is 0. The van der Waals surface area contributed by atoms with Crippen LogP contribution in [-0.2, 0) is 0 Å². The molecule has 0 amide bonds. The Hall–Kier alpha value is 1.58. The van der Waals surface area contributed by atoms with Crippen molar-refractivity contribution in [2.24, 2.45) is 0 Å². The molecule has 1 saturated heterocycles. The minimum atomic E-state index is 0.702. The Kier molecular flexibility index (Phi) is 3.39. The van der Waals surface area contributed by atoms with E-state index in [0.717, 1.165) is 0 Å². The third-order valence-electron chi connectivity index (χ3n) is 0.789. The van der Waals surface area contributed by atoms with Crippen molar-refractivity contribution in [3.05, 3.63) is 0 Å². The molecular formula is C4H8Te2. The molecule has 0 atom stereocenters. The second-order valence-corrected chi connectivity index (χ2v) is 14.1. The summed E-state index contributed by atoms with van der Waals surface area (Å²) < 4.78 is 3.38. The first-order valence-corrected chi connectivity index (χ1v) is 12.9. The van der Waals surface area contributed by atoms with Gasteiger partial charge in [-0.15, -0.1) is 0 Å². The summed E-state index contributed by atoms with van der Waals surface area (Å²) in [7, 11) is 0. The van der Waals surface area contributed by atoms with E-state index in [4.69, 9.17) is 0 Å². The Morgan fingerprint density at radius 2 is 1.33 bits per heavy atom. The maximum absolute atomic E-state index is 1.69. The molecule has 1 aliphatic heterocycles. The molecule has 1 heterocycles. The molecule has 1 rings (SSSR count). The van der Waals surface area contributed by atoms with Crippen molar-refractivity contribution in [2.45, 2.75) is 21.8 Å². The van der Waals surface area contributed by atoms with Gasteiger partial charge in [0.15, 0.2) is 0 Å². The molecule has 0 spiro atoms. The molecule has 0 radical (unpaired) electrons. The van der Waals surface area contributed by atoms with Crippen LogP contribution in [0.5, 0.6) is 0 Å². The van der Waals surface area contributed by atoms with Gasteiger partial charge in [0.05, 0.1) is 0 Å². The molecule has 6 heavy (non-hydrogen) atoms. The van der Waals surface area contributed by atoms with E-state index in [1.54, 1.807) is 21.8 Å². The van der Waals surface area contributed by atoms with Gasteiger partial charge in [-0.1, -0.05) is 0 Å². The second kappa shape index (κ2) is 3.57. The Morgan fingerprint density at radius 1 is 0.833 bits per heavy atom. The third kappa shape index (κ3) is 2.04. The maximum atomic E-state index is 1.69. The van der Waals surface area contributed by atoms with Crippen LogP contribution in [0, 0.1) is 0 Å². The summed E-state index contributed by atoms with van der Waals surface area (Å²) in [4.78, 5) is 0. The summed E-state index contributed by atoms with van der Waals surface area (Å²) in [6.07, 6.45) is 3.18. The van der Waals surface area contributed by atoms with E-state index in [1.807, 2.05) is 0 Å². The molecule has 1 aliphatic rings. The van der Waals surface area contributed by atoms with E-state index in [9.17, 15) is 0 Å². The van der Waals surface area contributed by atoms with Gasteiger partial charge in [-0.25, -0.2) is 0 Å². The molecule has 1 fully saturated rings. The predicted molar refractivity (Wildman–Crippen MR) is 30.4 cm³/mol. The Morgan fingerprint density at radius 3 is 1.50 bits per heavy atom. The van der Waals surface area contributed by atoms with Gasteiger partial charge in [0.25, 0.3) is 0 Å². The summed E-state index contributed by atoms with van der Waals surface area (Å²) in [5, 5.41) is 0. The molecule has 0 aromatic carbocycles. The van der Waals surface area contributed by atoms with Crippen molar-refractivity contribution in [3.8, 4) is 0 Å². The Balaban J connectivity index is 2.00. The zero-order valence-corrected chi connectivity index (χ0v) is 8.31. The predicted octanol–water partition coefficient (Wildman–Crippen LogP) is 0.940. The van der Waals surface area contributed by atoms with Gasteiger partial charge in [0.1, 0.15) is 0 Å². The summed E-state index contributed by atoms with van der Waals surface area (Å²) in [5.41, 5.74) is 0. The van der Waals surface area contributed by atoms with Crippen molar-refractivity contribution >= 4 is 34.1 Å². The van der Waals surface area contributed by atoms with Crippen molar-refractivity contribution in [1.82, 2.24) is 0 Å². The fourth-order valence-electron chi connectivity index (χ4n) is 0.440. The molecule has 0 nitrogen and oxygen atoms in total. The number of hydrogen-bond acceptors (Lipinski definition) is 0. The van der Waals surface area contributed by atoms with Crippen LogP contribution >= 0.6 is 0 Å². The molecule has 0 bridgehead atoms. The molecule has 0 aromatic heterocycles. The van der Waals surface area contributed by atoms with E-state index in [2.05, 4.69) is 0 Å². The van der Waals surface area contributed by atoms with Gasteiger partial charge < -0.3 is 0 Å². The topological polar surface area (TPSA) is 0 Å². The third-order valence-corrected chi connectivity index (χ3v) is 13.4. The first kappa shape index (κ1) is 5.71. The van der Waals surface area contributed by atoms with Crippen LogP contribution in [0.15, 0.2) is 0 Å². The zero-order chi connectivity index (χ0) is 4.24. The Labute approximate surface area is 55.4 Å². The van der Waals surface area contributed by atoms with Gasteiger partial charge in [0, 0.05) is 0 Å². The zero-order valence-electron chi connectivity index (χ0n) is 3.64. The van der Waals surface area contributed by atoms with Crippen molar-refractivity contribution < 1.29 is 0 Å². The van der Waals surface area contributed by atoms with Crippen LogP contribution in [-0.4, -0.2) is 34.1 Å². The van der Waals surface area contributed by atoms with Crippen LogP contribution in [0.4, 0.5) is 0 Å². The first-order valence-electron chi connectivity index (χ1n) is 2.24. The summed E-state index contributed by atoms with van der Waals surface area (Å²) >= 11 is 1.40. The molecule has 36 valence electrons. The molecular weight excluding hydrogens is 303 g/mol. The van der Waals surface area contributed by atoms with Crippen molar-refractivity contribution in [3.63, 3.8) is 0 Å². The van der Waals surface area contributed by atoms with Crippen LogP contribution in [0.3, 0.4) is 0 Å². The van der Waals surface area contributed by atoms with Gasteiger partial charge in [-0.3, -0.25) is 0 Å². The monoisotopic (exact) mass is 316 g/mol. The van der Waals surface area contributed by atoms with Gasteiger partial charge in [-0.05, 0) is 0 Å². The fourth-order valence-corrected chi connectivity index (χ4v) is 12.0.